The molecule has 2 aliphatic heterocycles. The van der Waals surface area contributed by atoms with E-state index in [-0.39, 0.29) is 12.1 Å². The number of hydrogen-bond acceptors (Lipinski definition) is 6. The molecule has 164 valence electrons. The highest BCUT2D eigenvalue weighted by molar-refractivity contribution is 5.89. The second-order valence-corrected chi connectivity index (χ2v) is 8.50. The van der Waals surface area contributed by atoms with Crippen LogP contribution in [-0.4, -0.2) is 50.4 Å². The van der Waals surface area contributed by atoms with E-state index in [0.29, 0.717) is 35.6 Å². The van der Waals surface area contributed by atoms with Crippen LogP contribution < -0.4 is 9.80 Å². The summed E-state index contributed by atoms with van der Waals surface area (Å²) in [5, 5.41) is 14.4. The van der Waals surface area contributed by atoms with E-state index >= 15 is 0 Å². The molecule has 7 nitrogen and oxygen atoms in total. The highest BCUT2D eigenvalue weighted by atomic mass is 19.1. The van der Waals surface area contributed by atoms with Crippen molar-refractivity contribution < 1.29 is 13.9 Å². The molecular formula is C23H22F2N6O. The lowest BCUT2D eigenvalue weighted by molar-refractivity contribution is 0.198. The Bertz CT molecular complexity index is 1320. The maximum atomic E-state index is 14.5. The number of anilines is 2. The second-order valence-electron chi connectivity index (χ2n) is 8.50. The molecule has 0 aliphatic carbocycles. The van der Waals surface area contributed by atoms with Crippen molar-refractivity contribution in [2.75, 3.05) is 29.4 Å². The van der Waals surface area contributed by atoms with Crippen LogP contribution in [0.25, 0.3) is 16.7 Å². The molecular weight excluding hydrogens is 414 g/mol. The van der Waals surface area contributed by atoms with Gasteiger partial charge in [-0.25, -0.2) is 23.3 Å². The summed E-state index contributed by atoms with van der Waals surface area (Å²) < 4.78 is 30.0. The van der Waals surface area contributed by atoms with Gasteiger partial charge >= 0.3 is 0 Å². The van der Waals surface area contributed by atoms with Crippen molar-refractivity contribution in [3.8, 4) is 0 Å². The zero-order chi connectivity index (χ0) is 21.8. The Kier molecular flexibility index (Phi) is 4.46. The minimum absolute atomic E-state index is 0.274. The third kappa shape index (κ3) is 3.15. The summed E-state index contributed by atoms with van der Waals surface area (Å²) in [4.78, 5) is 13.7. The molecule has 5 heterocycles. The van der Waals surface area contributed by atoms with Gasteiger partial charge in [-0.15, -0.1) is 0 Å². The van der Waals surface area contributed by atoms with E-state index in [1.165, 1.54) is 12.1 Å². The fourth-order valence-electron chi connectivity index (χ4n) is 4.87. The summed E-state index contributed by atoms with van der Waals surface area (Å²) >= 11 is 0. The molecule has 2 atom stereocenters. The zero-order valence-corrected chi connectivity index (χ0v) is 17.3. The first-order chi connectivity index (χ1) is 15.6. The number of nitrogens with zero attached hydrogens (tertiary/aromatic N) is 6. The smallest absolute Gasteiger partial charge is 0.183 e. The Morgan fingerprint density at radius 1 is 0.969 bits per heavy atom. The fraction of sp³-hybridized carbons (Fsp3) is 0.348. The van der Waals surface area contributed by atoms with E-state index in [9.17, 15) is 13.9 Å². The van der Waals surface area contributed by atoms with Crippen LogP contribution >= 0.6 is 0 Å². The first-order valence-corrected chi connectivity index (χ1v) is 10.9. The Morgan fingerprint density at radius 2 is 1.88 bits per heavy atom. The predicted octanol–water partition coefficient (Wildman–Crippen LogP) is 3.47. The lowest BCUT2D eigenvalue weighted by Gasteiger charge is -2.26. The summed E-state index contributed by atoms with van der Waals surface area (Å²) in [5.41, 5.74) is 2.38. The number of hydrogen-bond donors (Lipinski definition) is 1. The minimum atomic E-state index is -0.442. The standard InChI is InChI=1S/C23H22F2N6O/c24-14-3-4-17(25)16(12-14)19-2-1-9-30(19)21-8-11-31-23(27-21)22-18(28-31)5-6-20(26-22)29-10-7-15(32)13-29/h3-6,8,11-12,15,19,32H,1-2,7,9-10,13H2/t15-,19+/m0/s1. The summed E-state index contributed by atoms with van der Waals surface area (Å²) in [6, 6.07) is 9.01. The van der Waals surface area contributed by atoms with E-state index < -0.39 is 11.6 Å². The third-order valence-corrected chi connectivity index (χ3v) is 6.44. The molecule has 9 heteroatoms. The number of rotatable bonds is 3. The molecule has 4 aromatic rings. The van der Waals surface area contributed by atoms with Crippen LogP contribution in [0.15, 0.2) is 42.6 Å². The molecule has 0 bridgehead atoms. The predicted molar refractivity (Wildman–Crippen MR) is 117 cm³/mol. The molecule has 6 rings (SSSR count). The van der Waals surface area contributed by atoms with Crippen LogP contribution in [0.2, 0.25) is 0 Å². The van der Waals surface area contributed by atoms with Gasteiger partial charge in [0.05, 0.1) is 12.1 Å². The van der Waals surface area contributed by atoms with Crippen molar-refractivity contribution in [2.24, 2.45) is 0 Å². The van der Waals surface area contributed by atoms with Gasteiger partial charge in [-0.2, -0.15) is 5.10 Å². The Hall–Kier alpha value is -3.33. The Labute approximate surface area is 182 Å². The first kappa shape index (κ1) is 19.4. The van der Waals surface area contributed by atoms with E-state index in [2.05, 4.69) is 10.00 Å². The largest absolute Gasteiger partial charge is 0.391 e. The van der Waals surface area contributed by atoms with Gasteiger partial charge < -0.3 is 14.9 Å². The lowest BCUT2D eigenvalue weighted by atomic mass is 10.0. The number of aromatic nitrogens is 4. The zero-order valence-electron chi connectivity index (χ0n) is 17.3. The van der Waals surface area contributed by atoms with Crippen molar-refractivity contribution in [3.63, 3.8) is 0 Å². The molecule has 2 aliphatic rings. The molecule has 0 amide bonds. The molecule has 2 saturated heterocycles. The van der Waals surface area contributed by atoms with Crippen LogP contribution in [-0.2, 0) is 0 Å². The normalized spacial score (nSPS) is 21.3. The lowest BCUT2D eigenvalue weighted by Crippen LogP contribution is -2.24. The van der Waals surface area contributed by atoms with E-state index in [4.69, 9.17) is 9.97 Å². The molecule has 0 unspecified atom stereocenters. The molecule has 32 heavy (non-hydrogen) atoms. The van der Waals surface area contributed by atoms with Gasteiger partial charge in [-0.3, -0.25) is 0 Å². The molecule has 0 saturated carbocycles. The molecule has 1 N–H and O–H groups in total. The average molecular weight is 436 g/mol. The van der Waals surface area contributed by atoms with Crippen molar-refractivity contribution in [1.82, 2.24) is 19.6 Å². The fourth-order valence-corrected chi connectivity index (χ4v) is 4.87. The van der Waals surface area contributed by atoms with Gasteiger partial charge in [0.1, 0.15) is 34.3 Å². The van der Waals surface area contributed by atoms with E-state index in [0.717, 1.165) is 43.2 Å². The van der Waals surface area contributed by atoms with Crippen LogP contribution in [0.3, 0.4) is 0 Å². The van der Waals surface area contributed by atoms with Crippen molar-refractivity contribution in [1.29, 1.82) is 0 Å². The van der Waals surface area contributed by atoms with Crippen LogP contribution in [0.5, 0.6) is 0 Å². The maximum Gasteiger partial charge on any atom is 0.183 e. The molecule has 0 spiro atoms. The van der Waals surface area contributed by atoms with Gasteiger partial charge in [-0.1, -0.05) is 0 Å². The maximum absolute atomic E-state index is 14.5. The topological polar surface area (TPSA) is 69.8 Å². The Morgan fingerprint density at radius 3 is 2.72 bits per heavy atom. The molecule has 1 aromatic carbocycles. The van der Waals surface area contributed by atoms with Gasteiger partial charge in [-0.05, 0) is 55.7 Å². The molecule has 3 aromatic heterocycles. The van der Waals surface area contributed by atoms with Crippen LogP contribution in [0.1, 0.15) is 30.9 Å². The van der Waals surface area contributed by atoms with Gasteiger partial charge in [0.15, 0.2) is 5.65 Å². The van der Waals surface area contributed by atoms with Crippen LogP contribution in [0.4, 0.5) is 20.4 Å². The summed E-state index contributed by atoms with van der Waals surface area (Å²) in [5.74, 6) is 0.631. The average Bonchev–Trinajstić information content (AvgIpc) is 3.52. The quantitative estimate of drug-likeness (QED) is 0.531. The van der Waals surface area contributed by atoms with Crippen molar-refractivity contribution in [2.45, 2.75) is 31.4 Å². The minimum Gasteiger partial charge on any atom is -0.391 e. The number of fused-ring (bicyclic) bond motifs is 3. The molecule has 2 fully saturated rings. The Balaban J connectivity index is 1.41. The third-order valence-electron chi connectivity index (χ3n) is 6.44. The van der Waals surface area contributed by atoms with E-state index in [1.54, 1.807) is 4.52 Å². The monoisotopic (exact) mass is 436 g/mol. The van der Waals surface area contributed by atoms with E-state index in [1.807, 2.05) is 29.3 Å². The van der Waals surface area contributed by atoms with Crippen LogP contribution in [0, 0.1) is 11.6 Å². The van der Waals surface area contributed by atoms with Gasteiger partial charge in [0.25, 0.3) is 0 Å². The SMILES string of the molecule is O[C@H]1CCN(c2ccc3nn4ccc(N5CCC[C@@H]5c5cc(F)ccc5F)nc4c3n2)C1. The highest BCUT2D eigenvalue weighted by Gasteiger charge is 2.30. The van der Waals surface area contributed by atoms with Gasteiger partial charge in [0.2, 0.25) is 0 Å². The van der Waals surface area contributed by atoms with Gasteiger partial charge in [0, 0.05) is 31.4 Å². The number of β-amino-alcohol motifs (C(OH)–C–C–N with tert-alkyl or cyclic N) is 1. The highest BCUT2D eigenvalue weighted by Crippen LogP contribution is 2.37. The number of benzene rings is 1. The summed E-state index contributed by atoms with van der Waals surface area (Å²) in [6.45, 7) is 2.03. The first-order valence-electron chi connectivity index (χ1n) is 10.9. The second kappa shape index (κ2) is 7.37. The number of pyridine rings is 1. The van der Waals surface area contributed by atoms with Crippen molar-refractivity contribution in [3.05, 3.63) is 59.8 Å². The number of aliphatic hydroxyl groups excluding tert-OH is 1. The number of aliphatic hydroxyl groups is 1. The number of halogens is 2. The molecule has 0 radical (unpaired) electrons. The summed E-state index contributed by atoms with van der Waals surface area (Å²) in [6.07, 6.45) is 3.82. The summed E-state index contributed by atoms with van der Waals surface area (Å²) in [7, 11) is 0. The van der Waals surface area contributed by atoms with Crippen molar-refractivity contribution >= 4 is 28.3 Å².